The van der Waals surface area contributed by atoms with Gasteiger partial charge in [-0.25, -0.2) is 0 Å². The van der Waals surface area contributed by atoms with Crippen LogP contribution in [-0.2, 0) is 6.18 Å². The maximum absolute atomic E-state index is 12.9. The summed E-state index contributed by atoms with van der Waals surface area (Å²) in [5.74, 6) is 0. The van der Waals surface area contributed by atoms with Crippen molar-refractivity contribution in [3.63, 3.8) is 0 Å². The predicted octanol–water partition coefficient (Wildman–Crippen LogP) is 7.07. The predicted molar refractivity (Wildman–Crippen MR) is 101 cm³/mol. The third-order valence-electron chi connectivity index (χ3n) is 4.34. The number of halogens is 3. The molecule has 0 nitrogen and oxygen atoms in total. The number of hydrogen-bond acceptors (Lipinski definition) is 0. The van der Waals surface area contributed by atoms with Gasteiger partial charge in [0.25, 0.3) is 0 Å². The van der Waals surface area contributed by atoms with E-state index in [0.717, 1.165) is 46.4 Å². The Hall–Kier alpha value is -2.81. The van der Waals surface area contributed by atoms with Crippen LogP contribution in [0, 0.1) is 0 Å². The Balaban J connectivity index is 2.21. The van der Waals surface area contributed by atoms with E-state index in [-0.39, 0.29) is 0 Å². The van der Waals surface area contributed by atoms with Crippen molar-refractivity contribution in [2.24, 2.45) is 0 Å². The third kappa shape index (κ3) is 3.88. The van der Waals surface area contributed by atoms with Crippen molar-refractivity contribution in [1.82, 2.24) is 0 Å². The first-order chi connectivity index (χ1) is 12.5. The van der Waals surface area contributed by atoms with Gasteiger partial charge in [0.05, 0.1) is 5.56 Å². The van der Waals surface area contributed by atoms with Gasteiger partial charge in [0.15, 0.2) is 0 Å². The quantitative estimate of drug-likeness (QED) is 0.440. The molecule has 0 heterocycles. The molecule has 3 heteroatoms. The smallest absolute Gasteiger partial charge is 0.166 e. The van der Waals surface area contributed by atoms with E-state index in [1.165, 1.54) is 0 Å². The highest BCUT2D eigenvalue weighted by molar-refractivity contribution is 5.98. The molecule has 0 saturated carbocycles. The van der Waals surface area contributed by atoms with Crippen molar-refractivity contribution >= 4 is 11.1 Å². The van der Waals surface area contributed by atoms with Crippen LogP contribution in [0.3, 0.4) is 0 Å². The molecular weight excluding hydrogens is 333 g/mol. The SMILES string of the molecule is CC/C(=C(\c1ccccc1)c1ccc(C(F)(F)F)cc1)c1ccccc1. The van der Waals surface area contributed by atoms with Crippen molar-refractivity contribution in [3.05, 3.63) is 107 Å². The molecule has 0 aliphatic carbocycles. The Bertz CT molecular complexity index is 874. The van der Waals surface area contributed by atoms with Gasteiger partial charge >= 0.3 is 6.18 Å². The number of alkyl halides is 3. The zero-order chi connectivity index (χ0) is 18.6. The highest BCUT2D eigenvalue weighted by atomic mass is 19.4. The minimum atomic E-state index is -4.33. The first-order valence-electron chi connectivity index (χ1n) is 8.52. The zero-order valence-electron chi connectivity index (χ0n) is 14.4. The van der Waals surface area contributed by atoms with Gasteiger partial charge in [-0.3, -0.25) is 0 Å². The second kappa shape index (κ2) is 7.61. The standard InChI is InChI=1S/C23H19F3/c1-2-21(17-9-5-3-6-10-17)22(18-11-7-4-8-12-18)19-13-15-20(16-14-19)23(24,25)26/h3-16H,2H2,1H3/b22-21-. The van der Waals surface area contributed by atoms with Crippen molar-refractivity contribution in [1.29, 1.82) is 0 Å². The number of allylic oxidation sites excluding steroid dienone is 1. The maximum Gasteiger partial charge on any atom is 0.416 e. The first-order valence-corrected chi connectivity index (χ1v) is 8.52. The van der Waals surface area contributed by atoms with E-state index >= 15 is 0 Å². The summed E-state index contributed by atoms with van der Waals surface area (Å²) in [6.45, 7) is 2.06. The van der Waals surface area contributed by atoms with Gasteiger partial charge in [0, 0.05) is 0 Å². The van der Waals surface area contributed by atoms with Gasteiger partial charge in [-0.2, -0.15) is 13.2 Å². The van der Waals surface area contributed by atoms with E-state index in [1.54, 1.807) is 12.1 Å². The Labute approximate surface area is 151 Å². The number of rotatable bonds is 4. The monoisotopic (exact) mass is 352 g/mol. The van der Waals surface area contributed by atoms with Gasteiger partial charge in [0.1, 0.15) is 0 Å². The van der Waals surface area contributed by atoms with Gasteiger partial charge in [-0.1, -0.05) is 79.7 Å². The summed E-state index contributed by atoms with van der Waals surface area (Å²) in [5.41, 5.74) is 4.29. The average molecular weight is 352 g/mol. The molecule has 0 aliphatic rings. The summed E-state index contributed by atoms with van der Waals surface area (Å²) < 4.78 is 38.8. The van der Waals surface area contributed by atoms with Crippen LogP contribution < -0.4 is 0 Å². The van der Waals surface area contributed by atoms with E-state index in [4.69, 9.17) is 0 Å². The van der Waals surface area contributed by atoms with E-state index in [9.17, 15) is 13.2 Å². The molecule has 0 N–H and O–H groups in total. The minimum absolute atomic E-state index is 0.633. The van der Waals surface area contributed by atoms with E-state index in [1.807, 2.05) is 60.7 Å². The fourth-order valence-electron chi connectivity index (χ4n) is 3.11. The van der Waals surface area contributed by atoms with Crippen molar-refractivity contribution in [3.8, 4) is 0 Å². The van der Waals surface area contributed by atoms with Gasteiger partial charge in [0.2, 0.25) is 0 Å². The van der Waals surface area contributed by atoms with Gasteiger partial charge in [-0.15, -0.1) is 0 Å². The molecular formula is C23H19F3. The highest BCUT2D eigenvalue weighted by Crippen LogP contribution is 2.36. The second-order valence-electron chi connectivity index (χ2n) is 6.01. The fourth-order valence-corrected chi connectivity index (χ4v) is 3.11. The Morgan fingerprint density at radius 2 is 1.12 bits per heavy atom. The summed E-state index contributed by atoms with van der Waals surface area (Å²) in [4.78, 5) is 0. The number of benzene rings is 3. The lowest BCUT2D eigenvalue weighted by Gasteiger charge is -2.17. The molecule has 26 heavy (non-hydrogen) atoms. The molecule has 0 unspecified atom stereocenters. The molecule has 3 aromatic carbocycles. The third-order valence-corrected chi connectivity index (χ3v) is 4.34. The van der Waals surface area contributed by atoms with Crippen LogP contribution in [0.1, 0.15) is 35.6 Å². The largest absolute Gasteiger partial charge is 0.416 e. The van der Waals surface area contributed by atoms with Crippen LogP contribution >= 0.6 is 0 Å². The van der Waals surface area contributed by atoms with Crippen LogP contribution in [0.4, 0.5) is 13.2 Å². The van der Waals surface area contributed by atoms with E-state index in [2.05, 4.69) is 6.92 Å². The lowest BCUT2D eigenvalue weighted by atomic mass is 9.88. The van der Waals surface area contributed by atoms with E-state index in [0.29, 0.717) is 0 Å². The normalized spacial score (nSPS) is 12.6. The molecule has 0 amide bonds. The summed E-state index contributed by atoms with van der Waals surface area (Å²) in [5, 5.41) is 0. The molecule has 0 aliphatic heterocycles. The summed E-state index contributed by atoms with van der Waals surface area (Å²) in [7, 11) is 0. The molecule has 0 spiro atoms. The van der Waals surface area contributed by atoms with Gasteiger partial charge < -0.3 is 0 Å². The summed E-state index contributed by atoms with van der Waals surface area (Å²) >= 11 is 0. The molecule has 0 saturated heterocycles. The zero-order valence-corrected chi connectivity index (χ0v) is 14.4. The molecule has 0 atom stereocenters. The summed E-state index contributed by atoms with van der Waals surface area (Å²) in [6, 6.07) is 25.2. The molecule has 132 valence electrons. The molecule has 0 radical (unpaired) electrons. The van der Waals surface area contributed by atoms with Crippen LogP contribution in [0.25, 0.3) is 11.1 Å². The first kappa shape index (κ1) is 18.0. The van der Waals surface area contributed by atoms with Crippen LogP contribution in [0.5, 0.6) is 0 Å². The molecule has 3 rings (SSSR count). The summed E-state index contributed by atoms with van der Waals surface area (Å²) in [6.07, 6.45) is -3.56. The molecule has 0 bridgehead atoms. The fraction of sp³-hybridized carbons (Fsp3) is 0.130. The van der Waals surface area contributed by atoms with Gasteiger partial charge in [-0.05, 0) is 46.4 Å². The minimum Gasteiger partial charge on any atom is -0.166 e. The Morgan fingerprint density at radius 1 is 0.654 bits per heavy atom. The van der Waals surface area contributed by atoms with Crippen molar-refractivity contribution < 1.29 is 13.2 Å². The topological polar surface area (TPSA) is 0 Å². The number of hydrogen-bond donors (Lipinski definition) is 0. The van der Waals surface area contributed by atoms with Crippen LogP contribution in [0.2, 0.25) is 0 Å². The van der Waals surface area contributed by atoms with Crippen molar-refractivity contribution in [2.45, 2.75) is 19.5 Å². The lowest BCUT2D eigenvalue weighted by Crippen LogP contribution is -2.04. The van der Waals surface area contributed by atoms with Crippen LogP contribution in [0.15, 0.2) is 84.9 Å². The lowest BCUT2D eigenvalue weighted by molar-refractivity contribution is -0.137. The van der Waals surface area contributed by atoms with E-state index < -0.39 is 11.7 Å². The van der Waals surface area contributed by atoms with Crippen LogP contribution in [-0.4, -0.2) is 0 Å². The molecule has 0 aromatic heterocycles. The molecule has 3 aromatic rings. The molecule has 0 fully saturated rings. The maximum atomic E-state index is 12.9. The average Bonchev–Trinajstić information content (AvgIpc) is 2.67. The Kier molecular flexibility index (Phi) is 5.27. The Morgan fingerprint density at radius 3 is 1.58 bits per heavy atom. The second-order valence-corrected chi connectivity index (χ2v) is 6.01. The van der Waals surface area contributed by atoms with Crippen molar-refractivity contribution in [2.75, 3.05) is 0 Å². The highest BCUT2D eigenvalue weighted by Gasteiger charge is 2.30.